The summed E-state index contributed by atoms with van der Waals surface area (Å²) in [5.41, 5.74) is 0. The van der Waals surface area contributed by atoms with Crippen molar-refractivity contribution in [3.8, 4) is 0 Å². The molecule has 2 aromatic carbocycles. The Labute approximate surface area is 142 Å². The summed E-state index contributed by atoms with van der Waals surface area (Å²) in [6.07, 6.45) is 5.38. The van der Waals surface area contributed by atoms with Crippen LogP contribution in [0.2, 0.25) is 6.04 Å². The van der Waals surface area contributed by atoms with Crippen molar-refractivity contribution in [3.63, 3.8) is 0 Å². The molecule has 0 aliphatic heterocycles. The Morgan fingerprint density at radius 3 is 1.74 bits per heavy atom. The minimum atomic E-state index is -2.16. The smallest absolute Gasteiger partial charge is 0.256 e. The van der Waals surface area contributed by atoms with Crippen LogP contribution in [-0.2, 0) is 4.43 Å². The van der Waals surface area contributed by atoms with E-state index in [0.29, 0.717) is 0 Å². The molecule has 23 heavy (non-hydrogen) atoms. The Kier molecular flexibility index (Phi) is 7.06. The lowest BCUT2D eigenvalue weighted by Crippen LogP contribution is -2.61. The summed E-state index contributed by atoms with van der Waals surface area (Å²) in [4.78, 5) is 0. The van der Waals surface area contributed by atoms with Gasteiger partial charge in [-0.25, -0.2) is 0 Å². The predicted octanol–water partition coefficient (Wildman–Crippen LogP) is 4.75. The molecule has 2 rings (SSSR count). The van der Waals surface area contributed by atoms with Crippen molar-refractivity contribution in [2.75, 3.05) is 0 Å². The van der Waals surface area contributed by atoms with Gasteiger partial charge in [-0.2, -0.15) is 0 Å². The third-order valence-electron chi connectivity index (χ3n) is 4.30. The highest BCUT2D eigenvalue weighted by Crippen LogP contribution is 2.20. The van der Waals surface area contributed by atoms with Gasteiger partial charge >= 0.3 is 0 Å². The minimum Gasteiger partial charge on any atom is -0.406 e. The third kappa shape index (κ3) is 4.79. The summed E-state index contributed by atoms with van der Waals surface area (Å²) in [7, 11) is -2.16. The fourth-order valence-electron chi connectivity index (χ4n) is 3.27. The van der Waals surface area contributed by atoms with Crippen LogP contribution in [0.25, 0.3) is 0 Å². The zero-order chi connectivity index (χ0) is 16.5. The monoisotopic (exact) mass is 326 g/mol. The zero-order valence-electron chi connectivity index (χ0n) is 14.8. The van der Waals surface area contributed by atoms with E-state index in [0.717, 1.165) is 0 Å². The molecule has 0 atom stereocenters. The highest BCUT2D eigenvalue weighted by atomic mass is 28.4. The standard InChI is InChI=1S/C21H30OSi/c1-4-5-6-13-18-23(22-19(2)3,20-14-9-7-10-15-20)21-16-11-8-12-17-21/h7-12,14-17,19H,4-6,13,18H2,1-3H3. The van der Waals surface area contributed by atoms with Crippen LogP contribution in [0.5, 0.6) is 0 Å². The minimum absolute atomic E-state index is 0.244. The molecular formula is C21H30OSi. The normalized spacial score (nSPS) is 11.8. The van der Waals surface area contributed by atoms with E-state index in [2.05, 4.69) is 81.4 Å². The van der Waals surface area contributed by atoms with Crippen molar-refractivity contribution in [1.82, 2.24) is 0 Å². The molecule has 0 amide bonds. The lowest BCUT2D eigenvalue weighted by atomic mass is 10.2. The molecule has 0 aliphatic carbocycles. The van der Waals surface area contributed by atoms with E-state index in [-0.39, 0.29) is 6.10 Å². The summed E-state index contributed by atoms with van der Waals surface area (Å²) in [5.74, 6) is 0. The topological polar surface area (TPSA) is 9.23 Å². The summed E-state index contributed by atoms with van der Waals surface area (Å²) in [6.45, 7) is 6.60. The first-order chi connectivity index (χ1) is 11.2. The van der Waals surface area contributed by atoms with Crippen molar-refractivity contribution < 1.29 is 4.43 Å². The van der Waals surface area contributed by atoms with Crippen LogP contribution in [0, 0.1) is 0 Å². The molecule has 0 N–H and O–H groups in total. The van der Waals surface area contributed by atoms with Gasteiger partial charge in [0.2, 0.25) is 0 Å². The first-order valence-electron chi connectivity index (χ1n) is 8.98. The van der Waals surface area contributed by atoms with E-state index < -0.39 is 8.32 Å². The Balaban J connectivity index is 2.41. The average Bonchev–Trinajstić information content (AvgIpc) is 2.59. The number of hydrogen-bond donors (Lipinski definition) is 0. The second-order valence-corrected chi connectivity index (χ2v) is 10.1. The van der Waals surface area contributed by atoms with E-state index >= 15 is 0 Å². The fraction of sp³-hybridized carbons (Fsp3) is 0.429. The maximum atomic E-state index is 6.73. The number of rotatable bonds is 9. The zero-order valence-corrected chi connectivity index (χ0v) is 15.8. The van der Waals surface area contributed by atoms with Gasteiger partial charge < -0.3 is 4.43 Å². The van der Waals surface area contributed by atoms with Crippen LogP contribution in [-0.4, -0.2) is 14.4 Å². The van der Waals surface area contributed by atoms with E-state index in [1.807, 2.05) is 0 Å². The van der Waals surface area contributed by atoms with Crippen molar-refractivity contribution in [2.24, 2.45) is 0 Å². The molecule has 0 fully saturated rings. The van der Waals surface area contributed by atoms with Crippen LogP contribution in [0.15, 0.2) is 60.7 Å². The Hall–Kier alpha value is -1.38. The van der Waals surface area contributed by atoms with Gasteiger partial charge in [0.05, 0.1) is 0 Å². The molecule has 0 saturated carbocycles. The molecule has 0 saturated heterocycles. The van der Waals surface area contributed by atoms with Gasteiger partial charge in [0.15, 0.2) is 0 Å². The first-order valence-corrected chi connectivity index (χ1v) is 11.1. The second kappa shape index (κ2) is 9.04. The van der Waals surface area contributed by atoms with Crippen LogP contribution in [0.1, 0.15) is 46.5 Å². The van der Waals surface area contributed by atoms with Gasteiger partial charge in [0.1, 0.15) is 0 Å². The molecular weight excluding hydrogens is 296 g/mol. The molecule has 124 valence electrons. The molecule has 0 heterocycles. The van der Waals surface area contributed by atoms with E-state index in [1.165, 1.54) is 42.1 Å². The SMILES string of the molecule is CCCCCC[Si](OC(C)C)(c1ccccc1)c1ccccc1. The summed E-state index contributed by atoms with van der Waals surface area (Å²) in [5, 5.41) is 2.80. The Morgan fingerprint density at radius 2 is 1.30 bits per heavy atom. The third-order valence-corrected chi connectivity index (χ3v) is 8.76. The molecule has 0 aromatic heterocycles. The molecule has 0 radical (unpaired) electrons. The molecule has 0 unspecified atom stereocenters. The fourth-order valence-corrected chi connectivity index (χ4v) is 7.58. The quantitative estimate of drug-likeness (QED) is 0.477. The van der Waals surface area contributed by atoms with Gasteiger partial charge in [0.25, 0.3) is 8.32 Å². The average molecular weight is 327 g/mol. The number of hydrogen-bond acceptors (Lipinski definition) is 1. The van der Waals surface area contributed by atoms with E-state index in [4.69, 9.17) is 4.43 Å². The van der Waals surface area contributed by atoms with Crippen molar-refractivity contribution in [2.45, 2.75) is 58.6 Å². The van der Waals surface area contributed by atoms with Crippen LogP contribution < -0.4 is 10.4 Å². The van der Waals surface area contributed by atoms with E-state index in [9.17, 15) is 0 Å². The second-order valence-electron chi connectivity index (χ2n) is 6.54. The Morgan fingerprint density at radius 1 is 0.783 bits per heavy atom. The molecule has 0 aliphatic rings. The first kappa shape index (κ1) is 18.0. The highest BCUT2D eigenvalue weighted by Gasteiger charge is 2.39. The lowest BCUT2D eigenvalue weighted by Gasteiger charge is -2.34. The molecule has 2 heteroatoms. The maximum Gasteiger partial charge on any atom is 0.256 e. The van der Waals surface area contributed by atoms with Gasteiger partial charge in [-0.05, 0) is 30.3 Å². The summed E-state index contributed by atoms with van der Waals surface area (Å²) in [6, 6.07) is 23.0. The lowest BCUT2D eigenvalue weighted by molar-refractivity contribution is 0.237. The van der Waals surface area contributed by atoms with Crippen molar-refractivity contribution in [3.05, 3.63) is 60.7 Å². The number of unbranched alkanes of at least 4 members (excludes halogenated alkanes) is 3. The molecule has 2 aromatic rings. The van der Waals surface area contributed by atoms with Gasteiger partial charge in [0, 0.05) is 6.10 Å². The van der Waals surface area contributed by atoms with E-state index in [1.54, 1.807) is 0 Å². The van der Waals surface area contributed by atoms with Crippen LogP contribution >= 0.6 is 0 Å². The number of benzene rings is 2. The predicted molar refractivity (Wildman–Crippen MR) is 103 cm³/mol. The van der Waals surface area contributed by atoms with Crippen molar-refractivity contribution in [1.29, 1.82) is 0 Å². The Bertz CT molecular complexity index is 511. The van der Waals surface area contributed by atoms with Gasteiger partial charge in [-0.1, -0.05) is 93.3 Å². The summed E-state index contributed by atoms with van der Waals surface area (Å²) < 4.78 is 6.73. The molecule has 1 nitrogen and oxygen atoms in total. The molecule has 0 bridgehead atoms. The highest BCUT2D eigenvalue weighted by molar-refractivity contribution is 6.97. The molecule has 0 spiro atoms. The van der Waals surface area contributed by atoms with Crippen molar-refractivity contribution >= 4 is 18.7 Å². The van der Waals surface area contributed by atoms with Gasteiger partial charge in [-0.15, -0.1) is 0 Å². The van der Waals surface area contributed by atoms with Crippen LogP contribution in [0.4, 0.5) is 0 Å². The largest absolute Gasteiger partial charge is 0.406 e. The van der Waals surface area contributed by atoms with Crippen LogP contribution in [0.3, 0.4) is 0 Å². The maximum absolute atomic E-state index is 6.73. The summed E-state index contributed by atoms with van der Waals surface area (Å²) >= 11 is 0. The van der Waals surface area contributed by atoms with Gasteiger partial charge in [-0.3, -0.25) is 0 Å².